The zero-order valence-corrected chi connectivity index (χ0v) is 17.8. The normalized spacial score (nSPS) is 26.6. The van der Waals surface area contributed by atoms with Gasteiger partial charge in [0, 0.05) is 26.7 Å². The molecule has 1 aliphatic rings. The SMILES string of the molecule is CC(=O)O[C@@H]1[C@H](OC(C)=O)[C@H](C)OC(OCCOCCOCCCl)[C@H]1OC(C)=O. The van der Waals surface area contributed by atoms with E-state index in [9.17, 15) is 14.4 Å². The van der Waals surface area contributed by atoms with Crippen molar-refractivity contribution in [1.29, 1.82) is 0 Å². The molecule has 0 bridgehead atoms. The molecule has 1 fully saturated rings. The first-order valence-electron chi connectivity index (χ1n) is 9.26. The van der Waals surface area contributed by atoms with Gasteiger partial charge in [-0.3, -0.25) is 14.4 Å². The van der Waals surface area contributed by atoms with Crippen LogP contribution in [-0.2, 0) is 47.5 Å². The van der Waals surface area contributed by atoms with Crippen molar-refractivity contribution in [2.45, 2.75) is 58.4 Å². The Balaban J connectivity index is 2.72. The Morgan fingerprint density at radius 3 is 1.79 bits per heavy atom. The second-order valence-electron chi connectivity index (χ2n) is 6.22. The van der Waals surface area contributed by atoms with Crippen LogP contribution in [0.15, 0.2) is 0 Å². The van der Waals surface area contributed by atoms with Crippen LogP contribution >= 0.6 is 11.6 Å². The highest BCUT2D eigenvalue weighted by Crippen LogP contribution is 2.29. The molecule has 0 aromatic heterocycles. The van der Waals surface area contributed by atoms with Crippen LogP contribution in [0.5, 0.6) is 0 Å². The van der Waals surface area contributed by atoms with E-state index in [4.69, 9.17) is 44.8 Å². The molecule has 0 aliphatic carbocycles. The molecule has 0 radical (unpaired) electrons. The number of hydrogen-bond donors (Lipinski definition) is 0. The number of esters is 3. The Hall–Kier alpha value is -1.46. The molecule has 168 valence electrons. The monoisotopic (exact) mass is 440 g/mol. The summed E-state index contributed by atoms with van der Waals surface area (Å²) in [6.45, 7) is 6.81. The predicted octanol–water partition coefficient (Wildman–Crippen LogP) is 0.815. The van der Waals surface area contributed by atoms with E-state index in [0.29, 0.717) is 25.7 Å². The average Bonchev–Trinajstić information content (AvgIpc) is 2.62. The number of ether oxygens (including phenoxy) is 7. The topological polar surface area (TPSA) is 116 Å². The Bertz CT molecular complexity index is 529. The zero-order valence-electron chi connectivity index (χ0n) is 17.1. The van der Waals surface area contributed by atoms with E-state index in [-0.39, 0.29) is 13.2 Å². The lowest BCUT2D eigenvalue weighted by Gasteiger charge is -2.43. The molecule has 0 saturated carbocycles. The van der Waals surface area contributed by atoms with Gasteiger partial charge in [-0.25, -0.2) is 0 Å². The Morgan fingerprint density at radius 2 is 1.24 bits per heavy atom. The summed E-state index contributed by atoms with van der Waals surface area (Å²) < 4.78 is 37.7. The summed E-state index contributed by atoms with van der Waals surface area (Å²) in [7, 11) is 0. The molecular formula is C18H29ClO10. The minimum Gasteiger partial charge on any atom is -0.456 e. The number of carbonyl (C=O) groups excluding carboxylic acids is 3. The standard InChI is InChI=1S/C18H29ClO10/c1-11-15(27-12(2)20)16(28-13(3)21)17(29-14(4)22)18(26-11)25-10-9-24-8-7-23-6-5-19/h11,15-18H,5-10H2,1-4H3/t11-,15+,16+,17-,18?/m0/s1. The van der Waals surface area contributed by atoms with Gasteiger partial charge < -0.3 is 33.2 Å². The molecule has 0 aromatic rings. The van der Waals surface area contributed by atoms with E-state index in [1.807, 2.05) is 0 Å². The third-order valence-corrected chi connectivity index (χ3v) is 3.89. The van der Waals surface area contributed by atoms with E-state index in [0.717, 1.165) is 0 Å². The van der Waals surface area contributed by atoms with E-state index in [1.54, 1.807) is 6.92 Å². The lowest BCUT2D eigenvalue weighted by molar-refractivity contribution is -0.302. The van der Waals surface area contributed by atoms with Crippen molar-refractivity contribution < 1.29 is 47.5 Å². The maximum Gasteiger partial charge on any atom is 0.303 e. The van der Waals surface area contributed by atoms with Crippen LogP contribution in [0, 0.1) is 0 Å². The van der Waals surface area contributed by atoms with Crippen LogP contribution < -0.4 is 0 Å². The minimum absolute atomic E-state index is 0.121. The number of hydrogen-bond acceptors (Lipinski definition) is 10. The summed E-state index contributed by atoms with van der Waals surface area (Å²) in [4.78, 5) is 34.6. The molecule has 1 rings (SSSR count). The molecule has 1 unspecified atom stereocenters. The van der Waals surface area contributed by atoms with Gasteiger partial charge in [-0.2, -0.15) is 0 Å². The van der Waals surface area contributed by atoms with Gasteiger partial charge in [-0.15, -0.1) is 11.6 Å². The van der Waals surface area contributed by atoms with Gasteiger partial charge in [0.15, 0.2) is 24.6 Å². The summed E-state index contributed by atoms with van der Waals surface area (Å²) in [5.74, 6) is -1.44. The maximum absolute atomic E-state index is 11.6. The van der Waals surface area contributed by atoms with Crippen LogP contribution in [0.25, 0.3) is 0 Å². The van der Waals surface area contributed by atoms with Crippen LogP contribution in [0.4, 0.5) is 0 Å². The molecule has 5 atom stereocenters. The van der Waals surface area contributed by atoms with E-state index in [2.05, 4.69) is 0 Å². The fourth-order valence-electron chi connectivity index (χ4n) is 2.70. The Kier molecular flexibility index (Phi) is 12.1. The number of rotatable bonds is 12. The van der Waals surface area contributed by atoms with Gasteiger partial charge in [-0.1, -0.05) is 0 Å². The average molecular weight is 441 g/mol. The molecule has 1 aliphatic heterocycles. The van der Waals surface area contributed by atoms with Crippen molar-refractivity contribution in [2.24, 2.45) is 0 Å². The molecule has 0 spiro atoms. The number of alkyl halides is 1. The highest BCUT2D eigenvalue weighted by molar-refractivity contribution is 6.17. The highest BCUT2D eigenvalue weighted by atomic mass is 35.5. The molecular weight excluding hydrogens is 412 g/mol. The predicted molar refractivity (Wildman–Crippen MR) is 99.3 cm³/mol. The Morgan fingerprint density at radius 1 is 0.759 bits per heavy atom. The summed E-state index contributed by atoms with van der Waals surface area (Å²) in [5.41, 5.74) is 0. The molecule has 0 N–H and O–H groups in total. The molecule has 1 saturated heterocycles. The minimum atomic E-state index is -1.12. The van der Waals surface area contributed by atoms with E-state index >= 15 is 0 Å². The van der Waals surface area contributed by atoms with E-state index in [1.165, 1.54) is 20.8 Å². The van der Waals surface area contributed by atoms with Crippen LogP contribution in [0.2, 0.25) is 0 Å². The van der Waals surface area contributed by atoms with Crippen molar-refractivity contribution in [1.82, 2.24) is 0 Å². The molecule has 0 amide bonds. The second kappa shape index (κ2) is 13.7. The third kappa shape index (κ3) is 9.72. The van der Waals surface area contributed by atoms with Crippen LogP contribution in [0.1, 0.15) is 27.7 Å². The molecule has 1 heterocycles. The van der Waals surface area contributed by atoms with Gasteiger partial charge in [0.25, 0.3) is 0 Å². The lowest BCUT2D eigenvalue weighted by atomic mass is 9.99. The van der Waals surface area contributed by atoms with Crippen molar-refractivity contribution in [3.8, 4) is 0 Å². The van der Waals surface area contributed by atoms with Gasteiger partial charge in [0.2, 0.25) is 0 Å². The smallest absolute Gasteiger partial charge is 0.303 e. The van der Waals surface area contributed by atoms with Crippen LogP contribution in [-0.4, -0.2) is 87.5 Å². The zero-order chi connectivity index (χ0) is 21.8. The number of carbonyl (C=O) groups is 3. The van der Waals surface area contributed by atoms with Gasteiger partial charge >= 0.3 is 17.9 Å². The fourth-order valence-corrected chi connectivity index (χ4v) is 2.81. The van der Waals surface area contributed by atoms with Crippen molar-refractivity contribution in [3.05, 3.63) is 0 Å². The highest BCUT2D eigenvalue weighted by Gasteiger charge is 2.50. The van der Waals surface area contributed by atoms with Crippen LogP contribution in [0.3, 0.4) is 0 Å². The first-order valence-corrected chi connectivity index (χ1v) is 9.79. The van der Waals surface area contributed by atoms with Crippen molar-refractivity contribution in [3.63, 3.8) is 0 Å². The third-order valence-electron chi connectivity index (χ3n) is 3.74. The summed E-state index contributed by atoms with van der Waals surface area (Å²) in [6.07, 6.45) is -4.88. The first-order chi connectivity index (χ1) is 13.8. The first kappa shape index (κ1) is 25.6. The summed E-state index contributed by atoms with van der Waals surface area (Å²) in [5, 5.41) is 0. The lowest BCUT2D eigenvalue weighted by Crippen LogP contribution is -2.61. The molecule has 10 nitrogen and oxygen atoms in total. The van der Waals surface area contributed by atoms with Crippen molar-refractivity contribution >= 4 is 29.5 Å². The summed E-state index contributed by atoms with van der Waals surface area (Å²) >= 11 is 5.50. The molecule has 29 heavy (non-hydrogen) atoms. The van der Waals surface area contributed by atoms with Gasteiger partial charge in [-0.05, 0) is 6.92 Å². The second-order valence-corrected chi connectivity index (χ2v) is 6.59. The fraction of sp³-hybridized carbons (Fsp3) is 0.833. The van der Waals surface area contributed by atoms with Gasteiger partial charge in [0.1, 0.15) is 0 Å². The Labute approximate surface area is 175 Å². The van der Waals surface area contributed by atoms with Gasteiger partial charge in [0.05, 0.1) is 39.1 Å². The molecule has 11 heteroatoms. The quantitative estimate of drug-likeness (QED) is 0.187. The molecule has 0 aromatic carbocycles. The maximum atomic E-state index is 11.6. The summed E-state index contributed by atoms with van der Waals surface area (Å²) in [6, 6.07) is 0. The number of halogens is 1. The van der Waals surface area contributed by atoms with E-state index < -0.39 is 48.6 Å². The van der Waals surface area contributed by atoms with Crippen molar-refractivity contribution in [2.75, 3.05) is 38.9 Å². The largest absolute Gasteiger partial charge is 0.456 e.